The number of anilines is 1. The second-order valence-corrected chi connectivity index (χ2v) is 6.71. The molecule has 29 heavy (non-hydrogen) atoms. The van der Waals surface area contributed by atoms with Crippen molar-refractivity contribution in [2.75, 3.05) is 37.7 Å². The van der Waals surface area contributed by atoms with Gasteiger partial charge >= 0.3 is 0 Å². The predicted octanol–water partition coefficient (Wildman–Crippen LogP) is 3.44. The van der Waals surface area contributed by atoms with Crippen LogP contribution in [0.4, 0.5) is 10.1 Å². The van der Waals surface area contributed by atoms with Crippen LogP contribution in [0.15, 0.2) is 53.8 Å². The van der Waals surface area contributed by atoms with Gasteiger partial charge in [-0.1, -0.05) is 6.07 Å². The minimum absolute atomic E-state index is 0. The van der Waals surface area contributed by atoms with Gasteiger partial charge in [-0.3, -0.25) is 4.98 Å². The Bertz CT molecular complexity index is 762. The molecule has 0 aliphatic carbocycles. The zero-order valence-electron chi connectivity index (χ0n) is 16.7. The van der Waals surface area contributed by atoms with E-state index in [4.69, 9.17) is 4.74 Å². The Balaban J connectivity index is 0.00000300. The topological polar surface area (TPSA) is 61.8 Å². The minimum atomic E-state index is -0.198. The van der Waals surface area contributed by atoms with Gasteiger partial charge in [-0.25, -0.2) is 9.38 Å². The van der Waals surface area contributed by atoms with Crippen molar-refractivity contribution in [2.24, 2.45) is 4.99 Å². The molecule has 2 heterocycles. The number of pyridine rings is 1. The van der Waals surface area contributed by atoms with Crippen molar-refractivity contribution < 1.29 is 9.13 Å². The molecule has 1 aromatic heterocycles. The Kier molecular flexibility index (Phi) is 9.96. The second-order valence-electron chi connectivity index (χ2n) is 6.71. The van der Waals surface area contributed by atoms with Crippen molar-refractivity contribution in [3.63, 3.8) is 0 Å². The third-order valence-corrected chi connectivity index (χ3v) is 4.54. The molecule has 0 amide bonds. The summed E-state index contributed by atoms with van der Waals surface area (Å²) in [6, 6.07) is 10.8. The largest absolute Gasteiger partial charge is 0.490 e. The highest BCUT2D eigenvalue weighted by atomic mass is 127. The molecule has 1 aliphatic rings. The molecule has 0 spiro atoms. The van der Waals surface area contributed by atoms with Crippen molar-refractivity contribution in [1.29, 1.82) is 0 Å². The van der Waals surface area contributed by atoms with Crippen molar-refractivity contribution in [3.8, 4) is 5.75 Å². The molecule has 1 saturated heterocycles. The number of benzene rings is 1. The summed E-state index contributed by atoms with van der Waals surface area (Å²) in [6.45, 7) is 5.63. The number of guanidine groups is 1. The highest BCUT2D eigenvalue weighted by molar-refractivity contribution is 14.0. The van der Waals surface area contributed by atoms with Crippen molar-refractivity contribution in [3.05, 3.63) is 54.6 Å². The molecule has 2 aromatic rings. The van der Waals surface area contributed by atoms with Gasteiger partial charge in [-0.05, 0) is 50.1 Å². The first kappa shape index (κ1) is 23.2. The van der Waals surface area contributed by atoms with Crippen LogP contribution in [0, 0.1) is 5.82 Å². The van der Waals surface area contributed by atoms with Gasteiger partial charge in [0.15, 0.2) is 5.96 Å². The second kappa shape index (κ2) is 12.5. The summed E-state index contributed by atoms with van der Waals surface area (Å²) in [7, 11) is 0. The maximum atomic E-state index is 13.5. The molecule has 3 rings (SSSR count). The van der Waals surface area contributed by atoms with Gasteiger partial charge in [-0.15, -0.1) is 24.0 Å². The lowest BCUT2D eigenvalue weighted by atomic mass is 10.0. The maximum absolute atomic E-state index is 13.5. The molecule has 1 aliphatic heterocycles. The molecule has 0 saturated carbocycles. The van der Waals surface area contributed by atoms with E-state index in [0.717, 1.165) is 49.9 Å². The number of nitrogens with one attached hydrogen (secondary N) is 2. The van der Waals surface area contributed by atoms with Gasteiger partial charge in [0.05, 0.1) is 12.7 Å². The fraction of sp³-hybridized carbons (Fsp3) is 0.429. The highest BCUT2D eigenvalue weighted by Gasteiger charge is 2.21. The van der Waals surface area contributed by atoms with Crippen LogP contribution in [0.1, 0.15) is 19.8 Å². The summed E-state index contributed by atoms with van der Waals surface area (Å²) >= 11 is 0. The zero-order valence-corrected chi connectivity index (χ0v) is 19.0. The number of hydrogen-bond donors (Lipinski definition) is 2. The van der Waals surface area contributed by atoms with Crippen LogP contribution in [0.3, 0.4) is 0 Å². The monoisotopic (exact) mass is 513 g/mol. The van der Waals surface area contributed by atoms with Crippen LogP contribution >= 0.6 is 24.0 Å². The SMILES string of the molecule is CCNC(=NCCOc1cccnc1)NC1CCCN(c2cccc(F)c2)C1.I. The van der Waals surface area contributed by atoms with E-state index >= 15 is 0 Å². The third kappa shape index (κ3) is 7.68. The molecule has 0 bridgehead atoms. The Hall–Kier alpha value is -2.10. The van der Waals surface area contributed by atoms with E-state index in [0.29, 0.717) is 13.2 Å². The smallest absolute Gasteiger partial charge is 0.191 e. The Morgan fingerprint density at radius 3 is 3.00 bits per heavy atom. The molecule has 8 heteroatoms. The molecule has 1 atom stereocenters. The van der Waals surface area contributed by atoms with Crippen LogP contribution in [-0.2, 0) is 0 Å². The minimum Gasteiger partial charge on any atom is -0.490 e. The molecule has 1 unspecified atom stereocenters. The number of ether oxygens (including phenoxy) is 1. The van der Waals surface area contributed by atoms with E-state index in [1.165, 1.54) is 6.07 Å². The molecule has 0 radical (unpaired) electrons. The summed E-state index contributed by atoms with van der Waals surface area (Å²) in [4.78, 5) is 10.9. The van der Waals surface area contributed by atoms with Gasteiger partial charge in [0.2, 0.25) is 0 Å². The number of nitrogens with zero attached hydrogens (tertiary/aromatic N) is 3. The lowest BCUT2D eigenvalue weighted by molar-refractivity contribution is 0.327. The van der Waals surface area contributed by atoms with Crippen LogP contribution in [-0.4, -0.2) is 49.8 Å². The number of aliphatic imine (C=N–C) groups is 1. The normalized spacial score (nSPS) is 16.7. The van der Waals surface area contributed by atoms with E-state index in [1.54, 1.807) is 24.5 Å². The van der Waals surface area contributed by atoms with Gasteiger partial charge in [0, 0.05) is 37.6 Å². The first-order valence-electron chi connectivity index (χ1n) is 9.83. The van der Waals surface area contributed by atoms with Gasteiger partial charge in [0.25, 0.3) is 0 Å². The molecule has 1 fully saturated rings. The Morgan fingerprint density at radius 1 is 1.34 bits per heavy atom. The summed E-state index contributed by atoms with van der Waals surface area (Å²) in [5.41, 5.74) is 0.929. The van der Waals surface area contributed by atoms with E-state index < -0.39 is 0 Å². The quantitative estimate of drug-likeness (QED) is 0.257. The average Bonchev–Trinajstić information content (AvgIpc) is 2.72. The Labute approximate surface area is 189 Å². The predicted molar refractivity (Wildman–Crippen MR) is 126 cm³/mol. The molecular formula is C21H29FIN5O. The van der Waals surface area contributed by atoms with E-state index in [2.05, 4.69) is 25.5 Å². The maximum Gasteiger partial charge on any atom is 0.191 e. The molecule has 158 valence electrons. The summed E-state index contributed by atoms with van der Waals surface area (Å²) in [5.74, 6) is 1.33. The van der Waals surface area contributed by atoms with Crippen LogP contribution in [0.25, 0.3) is 0 Å². The Morgan fingerprint density at radius 2 is 2.24 bits per heavy atom. The van der Waals surface area contributed by atoms with Crippen LogP contribution < -0.4 is 20.3 Å². The fourth-order valence-corrected chi connectivity index (χ4v) is 3.27. The van der Waals surface area contributed by atoms with E-state index in [1.807, 2.05) is 25.1 Å². The van der Waals surface area contributed by atoms with E-state index in [-0.39, 0.29) is 35.8 Å². The lowest BCUT2D eigenvalue weighted by Crippen LogP contribution is -2.51. The summed E-state index contributed by atoms with van der Waals surface area (Å²) < 4.78 is 19.2. The standard InChI is InChI=1S/C21H28FN5O.HI/c1-2-24-21(25-11-13-28-20-9-4-10-23-15-20)26-18-7-5-12-27(16-18)19-8-3-6-17(22)14-19;/h3-4,6,8-10,14-15,18H,2,5,7,11-13,16H2,1H3,(H2,24,25,26);1H. The zero-order chi connectivity index (χ0) is 19.6. The number of aromatic nitrogens is 1. The van der Waals surface area contributed by atoms with Crippen LogP contribution in [0.5, 0.6) is 5.75 Å². The van der Waals surface area contributed by atoms with Crippen molar-refractivity contribution in [2.45, 2.75) is 25.8 Å². The highest BCUT2D eigenvalue weighted by Crippen LogP contribution is 2.20. The first-order valence-corrected chi connectivity index (χ1v) is 9.83. The molecule has 6 nitrogen and oxygen atoms in total. The van der Waals surface area contributed by atoms with Gasteiger partial charge in [0.1, 0.15) is 18.2 Å². The van der Waals surface area contributed by atoms with Crippen molar-refractivity contribution in [1.82, 2.24) is 15.6 Å². The lowest BCUT2D eigenvalue weighted by Gasteiger charge is -2.35. The van der Waals surface area contributed by atoms with Crippen molar-refractivity contribution >= 4 is 35.6 Å². The summed E-state index contributed by atoms with van der Waals surface area (Å²) in [5, 5.41) is 6.79. The van der Waals surface area contributed by atoms with Crippen LogP contribution in [0.2, 0.25) is 0 Å². The van der Waals surface area contributed by atoms with Gasteiger partial charge in [-0.2, -0.15) is 0 Å². The van der Waals surface area contributed by atoms with Gasteiger partial charge < -0.3 is 20.3 Å². The average molecular weight is 513 g/mol. The fourth-order valence-electron chi connectivity index (χ4n) is 3.27. The number of hydrogen-bond acceptors (Lipinski definition) is 4. The first-order chi connectivity index (χ1) is 13.7. The third-order valence-electron chi connectivity index (χ3n) is 4.54. The summed E-state index contributed by atoms with van der Waals surface area (Å²) in [6.07, 6.45) is 5.52. The molecule has 2 N–H and O–H groups in total. The number of halogens is 2. The number of rotatable bonds is 7. The molecular weight excluding hydrogens is 484 g/mol. The number of piperidine rings is 1. The van der Waals surface area contributed by atoms with E-state index in [9.17, 15) is 4.39 Å². The molecule has 1 aromatic carbocycles.